The molecule has 4 nitrogen and oxygen atoms in total. The van der Waals surface area contributed by atoms with Crippen molar-refractivity contribution in [2.24, 2.45) is 5.73 Å². The summed E-state index contributed by atoms with van der Waals surface area (Å²) in [6.45, 7) is 2.20. The molecule has 0 aliphatic rings. The van der Waals surface area contributed by atoms with Crippen LogP contribution in [0.2, 0.25) is 0 Å². The van der Waals surface area contributed by atoms with Gasteiger partial charge in [0.1, 0.15) is 4.99 Å². The summed E-state index contributed by atoms with van der Waals surface area (Å²) in [5.74, 6) is -0.118. The van der Waals surface area contributed by atoms with E-state index in [1.807, 2.05) is 48.0 Å². The Balaban J connectivity index is 2.13. The number of nitrogens with one attached hydrogen (secondary N) is 1. The number of pyridine rings is 1. The number of nitrogens with two attached hydrogens (primary N) is 1. The summed E-state index contributed by atoms with van der Waals surface area (Å²) < 4.78 is 1.87. The first-order chi connectivity index (χ1) is 9.58. The Bertz CT molecular complexity index is 655. The van der Waals surface area contributed by atoms with E-state index in [9.17, 15) is 4.79 Å². The monoisotopic (exact) mass is 286 g/mol. The van der Waals surface area contributed by atoms with Crippen LogP contribution in [0.5, 0.6) is 0 Å². The van der Waals surface area contributed by atoms with Crippen molar-refractivity contribution in [3.8, 4) is 0 Å². The van der Waals surface area contributed by atoms with Gasteiger partial charge in [-0.3, -0.25) is 4.79 Å². The number of rotatable bonds is 4. The second-order valence-corrected chi connectivity index (χ2v) is 4.87. The number of hydrogen-bond donors (Lipinski definition) is 2. The molecule has 2 aromatic rings. The van der Waals surface area contributed by atoms with Crippen LogP contribution in [0.3, 0.4) is 0 Å². The Kier molecular flexibility index (Phi) is 4.42. The van der Waals surface area contributed by atoms with E-state index in [0.717, 1.165) is 5.69 Å². The molecule has 0 saturated carbocycles. The van der Waals surface area contributed by atoms with E-state index < -0.39 is 0 Å². The van der Waals surface area contributed by atoms with Crippen molar-refractivity contribution in [1.82, 2.24) is 0 Å². The molecule has 1 aromatic heterocycles. The standard InChI is InChI=1S/C15H15N3OS/c1-11-6-4-5-9-18(11)10-14(19)17-13-8-3-2-7-12(13)15(16)20/h2-9H,10H2,1H3,(H2-,16,17,19,20)/p+1. The number of hydrogen-bond acceptors (Lipinski definition) is 2. The molecule has 0 atom stereocenters. The lowest BCUT2D eigenvalue weighted by atomic mass is 10.2. The van der Waals surface area contributed by atoms with Crippen LogP contribution in [0.1, 0.15) is 11.3 Å². The van der Waals surface area contributed by atoms with Gasteiger partial charge in [0, 0.05) is 24.6 Å². The van der Waals surface area contributed by atoms with E-state index in [1.165, 1.54) is 0 Å². The van der Waals surface area contributed by atoms with Gasteiger partial charge in [-0.1, -0.05) is 30.4 Å². The SMILES string of the molecule is Cc1cccc[n+]1CC(=O)Nc1ccccc1C(N)=S. The first kappa shape index (κ1) is 14.1. The number of carbonyl (C=O) groups excluding carboxylic acids is 1. The minimum atomic E-state index is -0.118. The Morgan fingerprint density at radius 3 is 2.65 bits per heavy atom. The van der Waals surface area contributed by atoms with Crippen LogP contribution < -0.4 is 15.6 Å². The third kappa shape index (κ3) is 3.39. The average molecular weight is 286 g/mol. The molecule has 2 rings (SSSR count). The topological polar surface area (TPSA) is 59.0 Å². The van der Waals surface area contributed by atoms with Gasteiger partial charge < -0.3 is 11.1 Å². The van der Waals surface area contributed by atoms with E-state index in [0.29, 0.717) is 11.3 Å². The molecule has 102 valence electrons. The van der Waals surface area contributed by atoms with Gasteiger partial charge in [0.15, 0.2) is 11.9 Å². The molecular formula is C15H16N3OS+. The maximum absolute atomic E-state index is 12.1. The van der Waals surface area contributed by atoms with Crippen LogP contribution >= 0.6 is 12.2 Å². The highest BCUT2D eigenvalue weighted by molar-refractivity contribution is 7.80. The summed E-state index contributed by atoms with van der Waals surface area (Å²) in [5.41, 5.74) is 7.97. The zero-order chi connectivity index (χ0) is 14.5. The third-order valence-corrected chi connectivity index (χ3v) is 3.17. The van der Waals surface area contributed by atoms with Crippen LogP contribution in [0.15, 0.2) is 48.7 Å². The number of thiocarbonyl (C=S) groups is 1. The molecule has 0 fully saturated rings. The largest absolute Gasteiger partial charge is 0.389 e. The second-order valence-electron chi connectivity index (χ2n) is 4.43. The van der Waals surface area contributed by atoms with E-state index in [2.05, 4.69) is 5.32 Å². The lowest BCUT2D eigenvalue weighted by Crippen LogP contribution is -2.42. The van der Waals surface area contributed by atoms with Crippen molar-refractivity contribution in [2.45, 2.75) is 13.5 Å². The zero-order valence-corrected chi connectivity index (χ0v) is 12.0. The number of aryl methyl sites for hydroxylation is 1. The molecule has 1 amide bonds. The molecule has 0 bridgehead atoms. The van der Waals surface area contributed by atoms with Crippen molar-refractivity contribution in [3.63, 3.8) is 0 Å². The van der Waals surface area contributed by atoms with Crippen LogP contribution in [-0.2, 0) is 11.3 Å². The number of anilines is 1. The molecule has 3 N–H and O–H groups in total. The average Bonchev–Trinajstić information content (AvgIpc) is 2.41. The summed E-state index contributed by atoms with van der Waals surface area (Å²) in [7, 11) is 0. The number of aromatic nitrogens is 1. The quantitative estimate of drug-likeness (QED) is 0.662. The number of amides is 1. The molecule has 0 aliphatic carbocycles. The Morgan fingerprint density at radius 2 is 1.95 bits per heavy atom. The zero-order valence-electron chi connectivity index (χ0n) is 11.2. The van der Waals surface area contributed by atoms with Gasteiger partial charge in [-0.05, 0) is 12.1 Å². The minimum Gasteiger partial charge on any atom is -0.389 e. The number of benzene rings is 1. The van der Waals surface area contributed by atoms with Crippen molar-refractivity contribution in [2.75, 3.05) is 5.32 Å². The van der Waals surface area contributed by atoms with Crippen molar-refractivity contribution < 1.29 is 9.36 Å². The van der Waals surface area contributed by atoms with E-state index in [1.54, 1.807) is 12.1 Å². The molecule has 0 spiro atoms. The number of nitrogens with zero attached hydrogens (tertiary/aromatic N) is 1. The predicted molar refractivity (Wildman–Crippen MR) is 82.3 cm³/mol. The molecule has 0 saturated heterocycles. The highest BCUT2D eigenvalue weighted by Crippen LogP contribution is 2.14. The molecule has 0 aliphatic heterocycles. The van der Waals surface area contributed by atoms with Gasteiger partial charge in [0.25, 0.3) is 5.91 Å². The fourth-order valence-electron chi connectivity index (χ4n) is 1.89. The van der Waals surface area contributed by atoms with Gasteiger partial charge in [-0.25, -0.2) is 0 Å². The van der Waals surface area contributed by atoms with Gasteiger partial charge in [0.2, 0.25) is 6.54 Å². The molecule has 1 heterocycles. The van der Waals surface area contributed by atoms with Gasteiger partial charge in [0.05, 0.1) is 5.69 Å². The molecule has 1 aromatic carbocycles. The van der Waals surface area contributed by atoms with Crippen molar-refractivity contribution >= 4 is 28.8 Å². The van der Waals surface area contributed by atoms with Crippen LogP contribution in [0.4, 0.5) is 5.69 Å². The molecule has 5 heteroatoms. The smallest absolute Gasteiger partial charge is 0.290 e. The van der Waals surface area contributed by atoms with E-state index >= 15 is 0 Å². The summed E-state index contributed by atoms with van der Waals surface area (Å²) in [6.07, 6.45) is 1.87. The van der Waals surface area contributed by atoms with Gasteiger partial charge in [-0.2, -0.15) is 4.57 Å². The van der Waals surface area contributed by atoms with E-state index in [-0.39, 0.29) is 17.4 Å². The first-order valence-electron chi connectivity index (χ1n) is 6.21. The minimum absolute atomic E-state index is 0.118. The highest BCUT2D eigenvalue weighted by Gasteiger charge is 2.13. The number of carbonyl (C=O) groups is 1. The summed E-state index contributed by atoms with van der Waals surface area (Å²) in [5, 5.41) is 2.84. The maximum Gasteiger partial charge on any atom is 0.290 e. The maximum atomic E-state index is 12.1. The summed E-state index contributed by atoms with van der Waals surface area (Å²) in [6, 6.07) is 13.0. The molecule has 20 heavy (non-hydrogen) atoms. The Morgan fingerprint density at radius 1 is 1.25 bits per heavy atom. The predicted octanol–water partition coefficient (Wildman–Crippen LogP) is 1.56. The Labute approximate surface area is 123 Å². The third-order valence-electron chi connectivity index (χ3n) is 2.95. The fourth-order valence-corrected chi connectivity index (χ4v) is 2.07. The highest BCUT2D eigenvalue weighted by atomic mass is 32.1. The normalized spacial score (nSPS) is 10.1. The van der Waals surface area contributed by atoms with Crippen molar-refractivity contribution in [3.05, 3.63) is 59.9 Å². The molecular weight excluding hydrogens is 270 g/mol. The first-order valence-corrected chi connectivity index (χ1v) is 6.62. The van der Waals surface area contributed by atoms with Crippen LogP contribution in [-0.4, -0.2) is 10.9 Å². The van der Waals surface area contributed by atoms with Crippen LogP contribution in [0.25, 0.3) is 0 Å². The van der Waals surface area contributed by atoms with Crippen LogP contribution in [0, 0.1) is 6.92 Å². The van der Waals surface area contributed by atoms with Gasteiger partial charge in [-0.15, -0.1) is 0 Å². The molecule has 0 radical (unpaired) electrons. The van der Waals surface area contributed by atoms with Crippen molar-refractivity contribution in [1.29, 1.82) is 0 Å². The summed E-state index contributed by atoms with van der Waals surface area (Å²) >= 11 is 4.97. The summed E-state index contributed by atoms with van der Waals surface area (Å²) in [4.78, 5) is 12.4. The Hall–Kier alpha value is -2.27. The number of para-hydroxylation sites is 1. The lowest BCUT2D eigenvalue weighted by Gasteiger charge is -2.08. The van der Waals surface area contributed by atoms with Gasteiger partial charge >= 0.3 is 0 Å². The van der Waals surface area contributed by atoms with E-state index in [4.69, 9.17) is 18.0 Å². The fraction of sp³-hybridized carbons (Fsp3) is 0.133. The second kappa shape index (κ2) is 6.25. The lowest BCUT2D eigenvalue weighted by molar-refractivity contribution is -0.690. The molecule has 0 unspecified atom stereocenters.